The number of amides is 1. The van der Waals surface area contributed by atoms with Crippen molar-refractivity contribution in [1.82, 2.24) is 5.48 Å². The first kappa shape index (κ1) is 14.0. The van der Waals surface area contributed by atoms with Gasteiger partial charge in [-0.25, -0.2) is 5.48 Å². The summed E-state index contributed by atoms with van der Waals surface area (Å²) in [6.45, 7) is -0.395. The molecule has 0 saturated carbocycles. The summed E-state index contributed by atoms with van der Waals surface area (Å²) in [5.74, 6) is -8.04. The van der Waals surface area contributed by atoms with Gasteiger partial charge in [-0.1, -0.05) is 0 Å². The van der Waals surface area contributed by atoms with Gasteiger partial charge in [-0.3, -0.25) is 9.63 Å². The number of rotatable bonds is 5. The summed E-state index contributed by atoms with van der Waals surface area (Å²) in [4.78, 5) is 14.3. The molecule has 0 unspecified atom stereocenters. The van der Waals surface area contributed by atoms with E-state index in [-0.39, 0.29) is 13.2 Å². The minimum Gasteiger partial charge on any atom is -0.382 e. The van der Waals surface area contributed by atoms with Crippen molar-refractivity contribution in [2.75, 3.05) is 20.3 Å². The lowest BCUT2D eigenvalue weighted by Gasteiger charge is -2.18. The van der Waals surface area contributed by atoms with Gasteiger partial charge in [0.2, 0.25) is 0 Å². The topological polar surface area (TPSA) is 47.6 Å². The van der Waals surface area contributed by atoms with E-state index in [0.29, 0.717) is 0 Å². The fourth-order valence-corrected chi connectivity index (χ4v) is 0.434. The fraction of sp³-hybridized carbons (Fsp3) is 0.833. The third-order valence-electron chi connectivity index (χ3n) is 1.20. The Hall–Kier alpha value is -0.960. The smallest absolute Gasteiger partial charge is 0.382 e. The lowest BCUT2D eigenvalue weighted by atomic mass is 10.3. The Morgan fingerprint density at radius 2 is 1.73 bits per heavy atom. The van der Waals surface area contributed by atoms with Crippen LogP contribution >= 0.6 is 0 Å². The molecule has 0 saturated heterocycles. The maximum atomic E-state index is 12.2. The van der Waals surface area contributed by atoms with Crippen molar-refractivity contribution in [1.29, 1.82) is 0 Å². The van der Waals surface area contributed by atoms with E-state index < -0.39 is 18.0 Å². The minimum absolute atomic E-state index is 0.0577. The molecule has 0 fully saturated rings. The standard InChI is InChI=1S/C6H8F5NO3/c1-14-2-3-15-12-4(13)5(7,8)6(9,10)11/h2-3H2,1H3,(H,12,13). The molecule has 0 atom stereocenters. The van der Waals surface area contributed by atoms with Crippen LogP contribution in [0.25, 0.3) is 0 Å². The van der Waals surface area contributed by atoms with Crippen molar-refractivity contribution < 1.29 is 36.3 Å². The molecule has 90 valence electrons. The van der Waals surface area contributed by atoms with Crippen molar-refractivity contribution in [2.45, 2.75) is 12.1 Å². The lowest BCUT2D eigenvalue weighted by Crippen LogP contribution is -2.50. The van der Waals surface area contributed by atoms with Crippen molar-refractivity contribution >= 4 is 5.91 Å². The molecular formula is C6H8F5NO3. The van der Waals surface area contributed by atoms with E-state index >= 15 is 0 Å². The highest BCUT2D eigenvalue weighted by Crippen LogP contribution is 2.35. The number of halogens is 5. The molecule has 0 aliphatic heterocycles. The summed E-state index contributed by atoms with van der Waals surface area (Å²) in [5, 5.41) is 0. The number of methoxy groups -OCH3 is 1. The molecule has 0 aromatic rings. The Morgan fingerprint density at radius 3 is 2.13 bits per heavy atom. The first-order chi connectivity index (χ1) is 6.73. The summed E-state index contributed by atoms with van der Waals surface area (Å²) in [7, 11) is 1.26. The number of alkyl halides is 5. The van der Waals surface area contributed by atoms with Gasteiger partial charge >= 0.3 is 18.0 Å². The Balaban J connectivity index is 4.10. The van der Waals surface area contributed by atoms with Crippen LogP contribution in [0.4, 0.5) is 22.0 Å². The highest BCUT2D eigenvalue weighted by atomic mass is 19.4. The monoisotopic (exact) mass is 237 g/mol. The average Bonchev–Trinajstić information content (AvgIpc) is 2.10. The fourth-order valence-electron chi connectivity index (χ4n) is 0.434. The predicted molar refractivity (Wildman–Crippen MR) is 37.0 cm³/mol. The van der Waals surface area contributed by atoms with Crippen molar-refractivity contribution in [2.24, 2.45) is 0 Å². The van der Waals surface area contributed by atoms with Crippen molar-refractivity contribution in [3.63, 3.8) is 0 Å². The second kappa shape index (κ2) is 5.21. The molecule has 0 rings (SSSR count). The van der Waals surface area contributed by atoms with Gasteiger partial charge in [-0.15, -0.1) is 0 Å². The summed E-state index contributed by atoms with van der Waals surface area (Å²) in [6.07, 6.45) is -5.94. The molecular weight excluding hydrogens is 229 g/mol. The van der Waals surface area contributed by atoms with Crippen molar-refractivity contribution in [3.05, 3.63) is 0 Å². The number of hydrogen-bond acceptors (Lipinski definition) is 3. The molecule has 0 heterocycles. The van der Waals surface area contributed by atoms with Gasteiger partial charge in [0, 0.05) is 7.11 Å². The van der Waals surface area contributed by atoms with Gasteiger partial charge < -0.3 is 4.74 Å². The van der Waals surface area contributed by atoms with Crippen LogP contribution in [0.1, 0.15) is 0 Å². The quantitative estimate of drug-likeness (QED) is 0.438. The van der Waals surface area contributed by atoms with Gasteiger partial charge in [-0.2, -0.15) is 22.0 Å². The molecule has 0 aliphatic carbocycles. The third kappa shape index (κ3) is 3.96. The molecule has 9 heteroatoms. The van der Waals surface area contributed by atoms with Crippen LogP contribution in [0, 0.1) is 0 Å². The Morgan fingerprint density at radius 1 is 1.20 bits per heavy atom. The van der Waals surface area contributed by atoms with E-state index in [0.717, 1.165) is 5.48 Å². The number of ether oxygens (including phenoxy) is 1. The molecule has 0 bridgehead atoms. The molecule has 1 amide bonds. The maximum Gasteiger partial charge on any atom is 0.463 e. The first-order valence-corrected chi connectivity index (χ1v) is 3.59. The number of carbonyl (C=O) groups is 1. The summed E-state index contributed by atoms with van der Waals surface area (Å²) >= 11 is 0. The third-order valence-corrected chi connectivity index (χ3v) is 1.20. The zero-order valence-electron chi connectivity index (χ0n) is 7.53. The van der Waals surface area contributed by atoms with Crippen LogP contribution in [0.5, 0.6) is 0 Å². The normalized spacial score (nSPS) is 12.7. The molecule has 0 aliphatic rings. The van der Waals surface area contributed by atoms with Crippen LogP contribution in [0.3, 0.4) is 0 Å². The van der Waals surface area contributed by atoms with Crippen LogP contribution in [-0.4, -0.2) is 38.3 Å². The van der Waals surface area contributed by atoms with Gasteiger partial charge in [0.25, 0.3) is 0 Å². The van der Waals surface area contributed by atoms with Crippen molar-refractivity contribution in [3.8, 4) is 0 Å². The van der Waals surface area contributed by atoms with E-state index in [4.69, 9.17) is 0 Å². The SMILES string of the molecule is COCCONC(=O)C(F)(F)C(F)(F)F. The molecule has 0 spiro atoms. The van der Waals surface area contributed by atoms with E-state index in [9.17, 15) is 26.7 Å². The maximum absolute atomic E-state index is 12.2. The largest absolute Gasteiger partial charge is 0.463 e. The summed E-state index contributed by atoms with van der Waals surface area (Å²) in [5.41, 5.74) is 0.975. The molecule has 1 N–H and O–H groups in total. The summed E-state index contributed by atoms with van der Waals surface area (Å²) < 4.78 is 63.5. The Bertz CT molecular complexity index is 217. The van der Waals surface area contributed by atoms with E-state index in [1.807, 2.05) is 0 Å². The van der Waals surface area contributed by atoms with Gasteiger partial charge in [0.15, 0.2) is 0 Å². The molecule has 0 aromatic carbocycles. The van der Waals surface area contributed by atoms with Crippen LogP contribution in [-0.2, 0) is 14.4 Å². The number of hydrogen-bond donors (Lipinski definition) is 1. The average molecular weight is 237 g/mol. The first-order valence-electron chi connectivity index (χ1n) is 3.59. The zero-order valence-corrected chi connectivity index (χ0v) is 7.53. The van der Waals surface area contributed by atoms with Gasteiger partial charge in [-0.05, 0) is 0 Å². The second-order valence-electron chi connectivity index (χ2n) is 2.34. The predicted octanol–water partition coefficient (Wildman–Crippen LogP) is 0.878. The zero-order chi connectivity index (χ0) is 12.1. The number of nitrogens with one attached hydrogen (secondary N) is 1. The Labute approximate surface area is 81.3 Å². The van der Waals surface area contributed by atoms with Gasteiger partial charge in [0.1, 0.15) is 0 Å². The minimum atomic E-state index is -5.94. The van der Waals surface area contributed by atoms with Crippen LogP contribution < -0.4 is 5.48 Å². The van der Waals surface area contributed by atoms with E-state index in [1.54, 1.807) is 0 Å². The molecule has 15 heavy (non-hydrogen) atoms. The summed E-state index contributed by atoms with van der Waals surface area (Å²) in [6, 6.07) is 0. The van der Waals surface area contributed by atoms with Crippen LogP contribution in [0.2, 0.25) is 0 Å². The number of hydroxylamine groups is 1. The number of carbonyl (C=O) groups excluding carboxylic acids is 1. The molecule has 0 aromatic heterocycles. The molecule has 0 radical (unpaired) electrons. The van der Waals surface area contributed by atoms with Crippen LogP contribution in [0.15, 0.2) is 0 Å². The highest BCUT2D eigenvalue weighted by molar-refractivity contribution is 5.83. The van der Waals surface area contributed by atoms with Gasteiger partial charge in [0.05, 0.1) is 13.2 Å². The highest BCUT2D eigenvalue weighted by Gasteiger charge is 2.63. The Kier molecular flexibility index (Phi) is 4.88. The second-order valence-corrected chi connectivity index (χ2v) is 2.34. The molecule has 4 nitrogen and oxygen atoms in total. The van der Waals surface area contributed by atoms with E-state index in [1.165, 1.54) is 7.11 Å². The lowest BCUT2D eigenvalue weighted by molar-refractivity contribution is -0.273. The van der Waals surface area contributed by atoms with E-state index in [2.05, 4.69) is 9.57 Å².